The Balaban J connectivity index is 1.66. The molecule has 2 rings (SSSR count). The number of ether oxygens (including phenoxy) is 2. The van der Waals surface area contributed by atoms with E-state index >= 15 is 0 Å². The van der Waals surface area contributed by atoms with Crippen LogP contribution in [0, 0.1) is 5.92 Å². The summed E-state index contributed by atoms with van der Waals surface area (Å²) in [6.45, 7) is 3.68. The first-order valence-electron chi connectivity index (χ1n) is 8.77. The van der Waals surface area contributed by atoms with Crippen LogP contribution in [0.15, 0.2) is 24.3 Å². The maximum absolute atomic E-state index is 10.9. The zero-order chi connectivity index (χ0) is 16.5. The van der Waals surface area contributed by atoms with Gasteiger partial charge in [0.2, 0.25) is 0 Å². The van der Waals surface area contributed by atoms with Crippen LogP contribution in [-0.2, 0) is 9.47 Å². The molecule has 0 atom stereocenters. The van der Waals surface area contributed by atoms with Crippen molar-refractivity contribution in [3.63, 3.8) is 0 Å². The average Bonchev–Trinajstić information content (AvgIpc) is 2.58. The number of aromatic carboxylic acids is 1. The Labute approximate surface area is 138 Å². The van der Waals surface area contributed by atoms with Crippen LogP contribution < -0.4 is 0 Å². The summed E-state index contributed by atoms with van der Waals surface area (Å²) in [7, 11) is 0. The molecule has 128 valence electrons. The lowest BCUT2D eigenvalue weighted by molar-refractivity contribution is -0.206. The molecular weight excluding hydrogens is 292 g/mol. The Kier molecular flexibility index (Phi) is 7.56. The number of hydrogen-bond acceptors (Lipinski definition) is 3. The van der Waals surface area contributed by atoms with Crippen LogP contribution >= 0.6 is 0 Å². The second-order valence-corrected chi connectivity index (χ2v) is 6.35. The quantitative estimate of drug-likeness (QED) is 0.664. The van der Waals surface area contributed by atoms with E-state index in [1.54, 1.807) is 24.3 Å². The number of carboxylic acid groups (broad SMARTS) is 1. The fourth-order valence-electron chi connectivity index (χ4n) is 2.90. The molecule has 0 bridgehead atoms. The lowest BCUT2D eigenvalue weighted by Crippen LogP contribution is -2.27. The van der Waals surface area contributed by atoms with E-state index in [-0.39, 0.29) is 11.9 Å². The summed E-state index contributed by atoms with van der Waals surface area (Å²) >= 11 is 0. The van der Waals surface area contributed by atoms with E-state index in [9.17, 15) is 4.79 Å². The molecule has 1 aromatic rings. The minimum absolute atomic E-state index is 0.283. The van der Waals surface area contributed by atoms with E-state index < -0.39 is 5.97 Å². The third-order valence-electron chi connectivity index (χ3n) is 4.36. The highest BCUT2D eigenvalue weighted by atomic mass is 16.7. The zero-order valence-corrected chi connectivity index (χ0v) is 14.0. The minimum Gasteiger partial charge on any atom is -0.478 e. The fourth-order valence-corrected chi connectivity index (χ4v) is 2.90. The average molecular weight is 320 g/mol. The van der Waals surface area contributed by atoms with Crippen molar-refractivity contribution >= 4 is 5.97 Å². The van der Waals surface area contributed by atoms with Gasteiger partial charge in [0.15, 0.2) is 6.29 Å². The van der Waals surface area contributed by atoms with Gasteiger partial charge in [0.1, 0.15) is 0 Å². The summed E-state index contributed by atoms with van der Waals surface area (Å²) in [5.74, 6) is -0.434. The first-order valence-corrected chi connectivity index (χ1v) is 8.77. The summed E-state index contributed by atoms with van der Waals surface area (Å²) in [6.07, 6.45) is 8.67. The largest absolute Gasteiger partial charge is 0.478 e. The molecule has 1 aliphatic heterocycles. The molecule has 4 heteroatoms. The molecule has 0 radical (unpaired) electrons. The zero-order valence-electron chi connectivity index (χ0n) is 14.0. The Hall–Kier alpha value is -1.39. The number of rotatable bonds is 9. The molecule has 0 amide bonds. The Morgan fingerprint density at radius 1 is 1.04 bits per heavy atom. The number of unbranched alkanes of at least 4 members (excludes halogenated alkanes) is 5. The summed E-state index contributed by atoms with van der Waals surface area (Å²) < 4.78 is 11.6. The van der Waals surface area contributed by atoms with Gasteiger partial charge in [-0.2, -0.15) is 0 Å². The Morgan fingerprint density at radius 3 is 2.26 bits per heavy atom. The standard InChI is InChI=1S/C19H28O4/c1-2-3-4-5-6-7-8-15-13-22-19(23-14-15)17-11-9-16(10-12-17)18(20)21/h9-12,15,19H,2-8,13-14H2,1H3,(H,20,21). The maximum atomic E-state index is 10.9. The van der Waals surface area contributed by atoms with Gasteiger partial charge < -0.3 is 14.6 Å². The summed E-state index contributed by atoms with van der Waals surface area (Å²) in [5.41, 5.74) is 1.17. The Bertz CT molecular complexity index is 461. The van der Waals surface area contributed by atoms with E-state index in [2.05, 4.69) is 6.92 Å². The van der Waals surface area contributed by atoms with Crippen LogP contribution in [0.1, 0.15) is 74.1 Å². The predicted octanol–water partition coefficient (Wildman–Crippen LogP) is 4.80. The van der Waals surface area contributed by atoms with Crippen molar-refractivity contribution in [2.24, 2.45) is 5.92 Å². The second-order valence-electron chi connectivity index (χ2n) is 6.35. The van der Waals surface area contributed by atoms with Gasteiger partial charge in [-0.25, -0.2) is 4.79 Å². The van der Waals surface area contributed by atoms with E-state index in [4.69, 9.17) is 14.6 Å². The lowest BCUT2D eigenvalue weighted by atomic mass is 10.0. The molecule has 0 unspecified atom stereocenters. The molecule has 1 fully saturated rings. The van der Waals surface area contributed by atoms with Crippen LogP contribution in [0.5, 0.6) is 0 Å². The molecule has 0 spiro atoms. The van der Waals surface area contributed by atoms with Crippen molar-refractivity contribution in [3.8, 4) is 0 Å². The molecule has 1 aromatic carbocycles. The van der Waals surface area contributed by atoms with Gasteiger partial charge in [-0.15, -0.1) is 0 Å². The molecule has 0 aromatic heterocycles. The molecule has 1 aliphatic rings. The Morgan fingerprint density at radius 2 is 1.65 bits per heavy atom. The number of benzene rings is 1. The molecule has 23 heavy (non-hydrogen) atoms. The van der Waals surface area contributed by atoms with Gasteiger partial charge in [0.05, 0.1) is 18.8 Å². The van der Waals surface area contributed by atoms with Crippen molar-refractivity contribution in [3.05, 3.63) is 35.4 Å². The highest BCUT2D eigenvalue weighted by Crippen LogP contribution is 2.27. The molecular formula is C19H28O4. The molecule has 1 saturated heterocycles. The van der Waals surface area contributed by atoms with Crippen molar-refractivity contribution in [2.45, 2.75) is 58.2 Å². The highest BCUT2D eigenvalue weighted by Gasteiger charge is 2.23. The third-order valence-corrected chi connectivity index (χ3v) is 4.36. The van der Waals surface area contributed by atoms with Gasteiger partial charge >= 0.3 is 5.97 Å². The molecule has 1 N–H and O–H groups in total. The number of carboxylic acids is 1. The lowest BCUT2D eigenvalue weighted by Gasteiger charge is -2.29. The van der Waals surface area contributed by atoms with E-state index in [1.807, 2.05) is 0 Å². The normalized spacial score (nSPS) is 21.3. The highest BCUT2D eigenvalue weighted by molar-refractivity contribution is 5.87. The predicted molar refractivity (Wildman–Crippen MR) is 89.5 cm³/mol. The van der Waals surface area contributed by atoms with Crippen molar-refractivity contribution in [1.29, 1.82) is 0 Å². The molecule has 0 saturated carbocycles. The van der Waals surface area contributed by atoms with Gasteiger partial charge in [-0.05, 0) is 18.6 Å². The van der Waals surface area contributed by atoms with E-state index in [0.717, 1.165) is 25.2 Å². The van der Waals surface area contributed by atoms with Gasteiger partial charge in [0, 0.05) is 11.5 Å². The van der Waals surface area contributed by atoms with Crippen LogP contribution in [0.3, 0.4) is 0 Å². The van der Waals surface area contributed by atoms with Crippen LogP contribution in [0.2, 0.25) is 0 Å². The monoisotopic (exact) mass is 320 g/mol. The molecule has 0 aliphatic carbocycles. The molecule has 1 heterocycles. The van der Waals surface area contributed by atoms with Crippen LogP contribution in [-0.4, -0.2) is 24.3 Å². The number of carbonyl (C=O) groups is 1. The summed E-state index contributed by atoms with van der Waals surface area (Å²) in [4.78, 5) is 10.9. The minimum atomic E-state index is -0.916. The first-order chi connectivity index (χ1) is 11.2. The van der Waals surface area contributed by atoms with Gasteiger partial charge in [-0.3, -0.25) is 0 Å². The maximum Gasteiger partial charge on any atom is 0.335 e. The van der Waals surface area contributed by atoms with Crippen molar-refractivity contribution in [2.75, 3.05) is 13.2 Å². The molecule has 4 nitrogen and oxygen atoms in total. The van der Waals surface area contributed by atoms with Crippen LogP contribution in [0.25, 0.3) is 0 Å². The van der Waals surface area contributed by atoms with Crippen molar-refractivity contribution < 1.29 is 19.4 Å². The first kappa shape index (κ1) is 18.0. The smallest absolute Gasteiger partial charge is 0.335 e. The summed E-state index contributed by atoms with van der Waals surface area (Å²) in [6, 6.07) is 6.71. The fraction of sp³-hybridized carbons (Fsp3) is 0.632. The van der Waals surface area contributed by atoms with E-state index in [1.165, 1.54) is 38.5 Å². The van der Waals surface area contributed by atoms with Gasteiger partial charge in [-0.1, -0.05) is 57.6 Å². The second kappa shape index (κ2) is 9.68. The SMILES string of the molecule is CCCCCCCCC1COC(c2ccc(C(=O)O)cc2)OC1. The van der Waals surface area contributed by atoms with Gasteiger partial charge in [0.25, 0.3) is 0 Å². The summed E-state index contributed by atoms with van der Waals surface area (Å²) in [5, 5.41) is 8.91. The topological polar surface area (TPSA) is 55.8 Å². The van der Waals surface area contributed by atoms with Crippen molar-refractivity contribution in [1.82, 2.24) is 0 Å². The van der Waals surface area contributed by atoms with E-state index in [0.29, 0.717) is 5.92 Å². The van der Waals surface area contributed by atoms with Crippen LogP contribution in [0.4, 0.5) is 0 Å². The number of hydrogen-bond donors (Lipinski definition) is 1. The third kappa shape index (κ3) is 5.96.